The number of benzene rings is 1. The quantitative estimate of drug-likeness (QED) is 0.661. The molecule has 7 heteroatoms. The van der Waals surface area contributed by atoms with Crippen molar-refractivity contribution in [2.45, 2.75) is 13.8 Å². The predicted octanol–water partition coefficient (Wildman–Crippen LogP) is 5.40. The second kappa shape index (κ2) is 6.93. The number of anilines is 1. The molecule has 1 N–H and O–H groups in total. The molecule has 0 unspecified atom stereocenters. The van der Waals surface area contributed by atoms with Crippen molar-refractivity contribution < 1.29 is 9.53 Å². The van der Waals surface area contributed by atoms with E-state index in [9.17, 15) is 4.79 Å². The smallest absolute Gasteiger partial charge is 0.267 e. The number of thiophene rings is 1. The van der Waals surface area contributed by atoms with Crippen LogP contribution in [0, 0.1) is 13.8 Å². The van der Waals surface area contributed by atoms with Gasteiger partial charge in [-0.2, -0.15) is 0 Å². The number of halogens is 1. The SMILES string of the molecule is COc1cc(Cl)c(C)cc1NC(=O)c1sc(-c2cccs2)nc1C. The van der Waals surface area contributed by atoms with Gasteiger partial charge in [0, 0.05) is 11.1 Å². The number of hydrogen-bond donors (Lipinski definition) is 1. The molecule has 0 saturated carbocycles. The average Bonchev–Trinajstić information content (AvgIpc) is 3.19. The fourth-order valence-corrected chi connectivity index (χ4v) is 4.13. The van der Waals surface area contributed by atoms with Gasteiger partial charge in [0.1, 0.15) is 15.6 Å². The van der Waals surface area contributed by atoms with Crippen LogP contribution in [0.5, 0.6) is 5.75 Å². The molecule has 0 aliphatic heterocycles. The molecular weight excluding hydrogens is 364 g/mol. The molecule has 2 heterocycles. The van der Waals surface area contributed by atoms with E-state index in [1.807, 2.05) is 31.4 Å². The number of amides is 1. The van der Waals surface area contributed by atoms with E-state index in [4.69, 9.17) is 16.3 Å². The summed E-state index contributed by atoms with van der Waals surface area (Å²) in [5.74, 6) is 0.326. The molecule has 1 aromatic carbocycles. The predicted molar refractivity (Wildman–Crippen MR) is 101 cm³/mol. The first-order chi connectivity index (χ1) is 11.5. The van der Waals surface area contributed by atoms with Gasteiger partial charge in [-0.3, -0.25) is 4.79 Å². The second-order valence-corrected chi connectivity index (χ2v) is 7.52. The molecule has 0 aliphatic carbocycles. The topological polar surface area (TPSA) is 51.2 Å². The number of nitrogens with one attached hydrogen (secondary N) is 1. The molecule has 2 aromatic heterocycles. The minimum absolute atomic E-state index is 0.201. The van der Waals surface area contributed by atoms with Crippen molar-refractivity contribution >= 4 is 45.9 Å². The van der Waals surface area contributed by atoms with Gasteiger partial charge >= 0.3 is 0 Å². The summed E-state index contributed by atoms with van der Waals surface area (Å²) in [4.78, 5) is 18.8. The van der Waals surface area contributed by atoms with Crippen molar-refractivity contribution in [2.24, 2.45) is 0 Å². The zero-order chi connectivity index (χ0) is 17.3. The number of aryl methyl sites for hydroxylation is 2. The molecule has 1 amide bonds. The highest BCUT2D eigenvalue weighted by molar-refractivity contribution is 7.22. The molecule has 24 heavy (non-hydrogen) atoms. The molecule has 0 atom stereocenters. The minimum atomic E-state index is -0.201. The number of carbonyl (C=O) groups is 1. The molecule has 3 rings (SSSR count). The first-order valence-corrected chi connectivity index (χ1v) is 9.23. The Balaban J connectivity index is 1.90. The van der Waals surface area contributed by atoms with Gasteiger partial charge in [0.25, 0.3) is 5.91 Å². The highest BCUT2D eigenvalue weighted by atomic mass is 35.5. The van der Waals surface area contributed by atoms with Crippen molar-refractivity contribution in [2.75, 3.05) is 12.4 Å². The Hall–Kier alpha value is -1.89. The van der Waals surface area contributed by atoms with Gasteiger partial charge in [-0.05, 0) is 36.9 Å². The molecule has 0 aliphatic rings. The Kier molecular flexibility index (Phi) is 4.89. The summed E-state index contributed by atoms with van der Waals surface area (Å²) in [5, 5.41) is 6.34. The molecule has 0 radical (unpaired) electrons. The monoisotopic (exact) mass is 378 g/mol. The lowest BCUT2D eigenvalue weighted by atomic mass is 10.2. The van der Waals surface area contributed by atoms with Gasteiger partial charge < -0.3 is 10.1 Å². The first-order valence-electron chi connectivity index (χ1n) is 7.16. The summed E-state index contributed by atoms with van der Waals surface area (Å²) in [6.07, 6.45) is 0. The van der Waals surface area contributed by atoms with E-state index in [0.29, 0.717) is 27.0 Å². The molecule has 0 spiro atoms. The van der Waals surface area contributed by atoms with Crippen molar-refractivity contribution in [3.63, 3.8) is 0 Å². The Labute approximate surface area is 153 Å². The van der Waals surface area contributed by atoms with Gasteiger partial charge in [-0.25, -0.2) is 4.98 Å². The Morgan fingerprint density at radius 3 is 2.79 bits per heavy atom. The van der Waals surface area contributed by atoms with Crippen LogP contribution in [0.15, 0.2) is 29.6 Å². The fourth-order valence-electron chi connectivity index (χ4n) is 2.22. The van der Waals surface area contributed by atoms with Crippen molar-refractivity contribution in [1.29, 1.82) is 0 Å². The van der Waals surface area contributed by atoms with Crippen LogP contribution >= 0.6 is 34.3 Å². The van der Waals surface area contributed by atoms with Crippen molar-refractivity contribution in [3.8, 4) is 15.6 Å². The lowest BCUT2D eigenvalue weighted by molar-refractivity contribution is 0.102. The maximum Gasteiger partial charge on any atom is 0.267 e. The third-order valence-electron chi connectivity index (χ3n) is 3.46. The van der Waals surface area contributed by atoms with E-state index in [-0.39, 0.29) is 5.91 Å². The van der Waals surface area contributed by atoms with E-state index >= 15 is 0 Å². The summed E-state index contributed by atoms with van der Waals surface area (Å²) in [6, 6.07) is 7.47. The average molecular weight is 379 g/mol. The number of hydrogen-bond acceptors (Lipinski definition) is 5. The van der Waals surface area contributed by atoms with Crippen LogP contribution in [0.25, 0.3) is 9.88 Å². The van der Waals surface area contributed by atoms with Gasteiger partial charge in [-0.15, -0.1) is 22.7 Å². The van der Waals surface area contributed by atoms with E-state index < -0.39 is 0 Å². The number of ether oxygens (including phenoxy) is 1. The molecule has 0 saturated heterocycles. The summed E-state index contributed by atoms with van der Waals surface area (Å²) in [6.45, 7) is 3.72. The molecule has 0 fully saturated rings. The lowest BCUT2D eigenvalue weighted by Crippen LogP contribution is -2.12. The maximum absolute atomic E-state index is 12.7. The summed E-state index contributed by atoms with van der Waals surface area (Å²) < 4.78 is 5.30. The zero-order valence-electron chi connectivity index (χ0n) is 13.3. The maximum atomic E-state index is 12.7. The number of nitrogens with zero attached hydrogens (tertiary/aromatic N) is 1. The molecule has 124 valence electrons. The van der Waals surface area contributed by atoms with Crippen LogP contribution in [0.4, 0.5) is 5.69 Å². The highest BCUT2D eigenvalue weighted by Gasteiger charge is 2.18. The summed E-state index contributed by atoms with van der Waals surface area (Å²) in [5.41, 5.74) is 2.17. The normalized spacial score (nSPS) is 10.7. The highest BCUT2D eigenvalue weighted by Crippen LogP contribution is 2.34. The van der Waals surface area contributed by atoms with Gasteiger partial charge in [0.2, 0.25) is 0 Å². The third kappa shape index (κ3) is 3.31. The number of methoxy groups -OCH3 is 1. The Bertz CT molecular complexity index is 888. The molecular formula is C17H15ClN2O2S2. The minimum Gasteiger partial charge on any atom is -0.495 e. The zero-order valence-corrected chi connectivity index (χ0v) is 15.7. The van der Waals surface area contributed by atoms with Crippen LogP contribution < -0.4 is 10.1 Å². The number of aromatic nitrogens is 1. The summed E-state index contributed by atoms with van der Waals surface area (Å²) in [7, 11) is 1.55. The summed E-state index contributed by atoms with van der Waals surface area (Å²) >= 11 is 9.09. The fraction of sp³-hybridized carbons (Fsp3) is 0.176. The van der Waals surface area contributed by atoms with E-state index in [1.54, 1.807) is 30.6 Å². The van der Waals surface area contributed by atoms with Crippen LogP contribution in [0.2, 0.25) is 5.02 Å². The number of rotatable bonds is 4. The Morgan fingerprint density at radius 1 is 1.33 bits per heavy atom. The largest absolute Gasteiger partial charge is 0.495 e. The standard InChI is InChI=1S/C17H15ClN2O2S2/c1-9-7-12(13(22-3)8-11(9)18)20-16(21)15-10(2)19-17(24-15)14-5-4-6-23-14/h4-8H,1-3H3,(H,20,21). The van der Waals surface area contributed by atoms with Gasteiger partial charge in [0.15, 0.2) is 0 Å². The Morgan fingerprint density at radius 2 is 2.12 bits per heavy atom. The van der Waals surface area contributed by atoms with Gasteiger partial charge in [-0.1, -0.05) is 17.7 Å². The number of thiazole rings is 1. The van der Waals surface area contributed by atoms with Crippen LogP contribution in [0.3, 0.4) is 0 Å². The van der Waals surface area contributed by atoms with Gasteiger partial charge in [0.05, 0.1) is 23.4 Å². The van der Waals surface area contributed by atoms with Crippen LogP contribution in [0.1, 0.15) is 20.9 Å². The van der Waals surface area contributed by atoms with Crippen molar-refractivity contribution in [3.05, 3.63) is 50.8 Å². The van der Waals surface area contributed by atoms with E-state index in [2.05, 4.69) is 10.3 Å². The first kappa shape index (κ1) is 17.0. The molecule has 0 bridgehead atoms. The third-order valence-corrected chi connectivity index (χ3v) is 6.07. The van der Waals surface area contributed by atoms with Crippen LogP contribution in [-0.2, 0) is 0 Å². The molecule has 3 aromatic rings. The second-order valence-electron chi connectivity index (χ2n) is 5.17. The van der Waals surface area contributed by atoms with Crippen molar-refractivity contribution in [1.82, 2.24) is 4.98 Å². The van der Waals surface area contributed by atoms with Crippen LogP contribution in [-0.4, -0.2) is 18.0 Å². The lowest BCUT2D eigenvalue weighted by Gasteiger charge is -2.11. The molecule has 4 nitrogen and oxygen atoms in total. The van der Waals surface area contributed by atoms with E-state index in [0.717, 1.165) is 15.4 Å². The van der Waals surface area contributed by atoms with E-state index in [1.165, 1.54) is 11.3 Å². The number of carbonyl (C=O) groups excluding carboxylic acids is 1.